The molecule has 0 amide bonds. The molecule has 0 atom stereocenters. The second-order valence-electron chi connectivity index (χ2n) is 10.6. The first kappa shape index (κ1) is 24.9. The molecule has 0 bridgehead atoms. The van der Waals surface area contributed by atoms with Crippen molar-refractivity contribution < 1.29 is 0 Å². The first-order valence-corrected chi connectivity index (χ1v) is 16.0. The van der Waals surface area contributed by atoms with Gasteiger partial charge in [-0.3, -0.25) is 0 Å². The van der Waals surface area contributed by atoms with Crippen molar-refractivity contribution in [3.05, 3.63) is 164 Å². The van der Waals surface area contributed by atoms with Crippen LogP contribution in [-0.2, 0) is 0 Å². The summed E-state index contributed by atoms with van der Waals surface area (Å²) >= 11 is 0.321. The van der Waals surface area contributed by atoms with Crippen molar-refractivity contribution in [3.63, 3.8) is 0 Å². The van der Waals surface area contributed by atoms with E-state index in [1.807, 2.05) is 0 Å². The molecule has 1 nitrogen and oxygen atoms in total. The van der Waals surface area contributed by atoms with Gasteiger partial charge in [-0.05, 0) is 5.56 Å². The maximum atomic E-state index is 2.44. The van der Waals surface area contributed by atoms with Crippen molar-refractivity contribution in [1.82, 2.24) is 0 Å². The first-order valence-electron chi connectivity index (χ1n) is 14.3. The molecule has 0 spiro atoms. The molecule has 0 aliphatic rings. The molecule has 8 aromatic rings. The van der Waals surface area contributed by atoms with Gasteiger partial charge in [-0.1, -0.05) is 30.3 Å². The number of rotatable bonds is 5. The summed E-state index contributed by atoms with van der Waals surface area (Å²) in [5, 5.41) is 5.48. The van der Waals surface area contributed by atoms with Crippen molar-refractivity contribution in [1.29, 1.82) is 0 Å². The number of hydrogen-bond acceptors (Lipinski definition) is 1. The number of benzene rings is 7. The monoisotopic (exact) mass is 601 g/mol. The predicted octanol–water partition coefficient (Wildman–Crippen LogP) is 11.0. The summed E-state index contributed by atoms with van der Waals surface area (Å²) in [4.78, 5) is 2.35. The Bertz CT molecular complexity index is 2180. The van der Waals surface area contributed by atoms with Crippen LogP contribution in [0.1, 0.15) is 0 Å². The standard InChI is InChI=1S/C40H27NSe/c1-3-12-28(13-4-1)29-22-24-32(25-23-29)41(31-15-5-2-6-16-31)33-17-11-14-30(26-33)37-27-38-35-19-9-10-21-39(35)42-40(38)36-20-8-7-18-34(36)37/h1-27H. The largest absolute Gasteiger partial charge is 0.0617 e. The third-order valence-electron chi connectivity index (χ3n) is 8.05. The molecule has 8 rings (SSSR count). The molecule has 0 aliphatic heterocycles. The van der Waals surface area contributed by atoms with Gasteiger partial charge in [-0.15, -0.1) is 0 Å². The fourth-order valence-corrected chi connectivity index (χ4v) is 8.62. The smallest absolute Gasteiger partial charge is 0.0544 e. The molecule has 42 heavy (non-hydrogen) atoms. The second-order valence-corrected chi connectivity index (χ2v) is 12.8. The third-order valence-corrected chi connectivity index (χ3v) is 10.6. The minimum Gasteiger partial charge on any atom is -0.0617 e. The number of nitrogens with zero attached hydrogens (tertiary/aromatic N) is 1. The van der Waals surface area contributed by atoms with Gasteiger partial charge >= 0.3 is 217 Å². The normalized spacial score (nSPS) is 11.3. The Hall–Kier alpha value is -4.88. The fraction of sp³-hybridized carbons (Fsp3) is 0. The molecule has 0 unspecified atom stereocenters. The number of para-hydroxylation sites is 1. The SMILES string of the molecule is c1ccc(-c2ccc(N(c3ccccc3)c3cccc(-c4cc5c6ccccc6[se]c5c5ccccc45)c3)cc2)cc1. The van der Waals surface area contributed by atoms with E-state index >= 15 is 0 Å². The number of anilines is 3. The van der Waals surface area contributed by atoms with E-state index in [-0.39, 0.29) is 0 Å². The van der Waals surface area contributed by atoms with Crippen molar-refractivity contribution in [2.45, 2.75) is 0 Å². The molecule has 198 valence electrons. The predicted molar refractivity (Wildman–Crippen MR) is 181 cm³/mol. The zero-order chi connectivity index (χ0) is 27.9. The molecule has 0 aliphatic carbocycles. The van der Waals surface area contributed by atoms with E-state index in [4.69, 9.17) is 0 Å². The Kier molecular flexibility index (Phi) is 6.22. The van der Waals surface area contributed by atoms with Crippen LogP contribution < -0.4 is 4.90 Å². The molecule has 0 fully saturated rings. The fourth-order valence-electron chi connectivity index (χ4n) is 6.06. The van der Waals surface area contributed by atoms with Crippen molar-refractivity contribution >= 4 is 61.6 Å². The average molecular weight is 601 g/mol. The van der Waals surface area contributed by atoms with Crippen LogP contribution in [0.4, 0.5) is 17.1 Å². The van der Waals surface area contributed by atoms with Crippen LogP contribution in [0, 0.1) is 0 Å². The van der Waals surface area contributed by atoms with Gasteiger partial charge < -0.3 is 0 Å². The minimum atomic E-state index is 0.321. The number of fused-ring (bicyclic) bond motifs is 5. The van der Waals surface area contributed by atoms with Gasteiger partial charge in [0.25, 0.3) is 0 Å². The minimum absolute atomic E-state index is 0.321. The van der Waals surface area contributed by atoms with E-state index in [1.54, 1.807) is 0 Å². The summed E-state index contributed by atoms with van der Waals surface area (Å²) in [7, 11) is 0. The maximum Gasteiger partial charge on any atom is -0.0544 e. The van der Waals surface area contributed by atoms with Gasteiger partial charge in [0.15, 0.2) is 0 Å². The van der Waals surface area contributed by atoms with Crippen LogP contribution in [0.25, 0.3) is 52.3 Å². The Morgan fingerprint density at radius 2 is 0.929 bits per heavy atom. The van der Waals surface area contributed by atoms with E-state index < -0.39 is 0 Å². The average Bonchev–Trinajstić information content (AvgIpc) is 3.45. The summed E-state index contributed by atoms with van der Waals surface area (Å²) in [6.07, 6.45) is 0. The molecule has 1 heterocycles. The van der Waals surface area contributed by atoms with Crippen molar-refractivity contribution in [2.24, 2.45) is 0 Å². The molecule has 0 saturated heterocycles. The first-order chi connectivity index (χ1) is 20.8. The van der Waals surface area contributed by atoms with Gasteiger partial charge in [-0.2, -0.15) is 0 Å². The Morgan fingerprint density at radius 1 is 0.357 bits per heavy atom. The molecule has 0 radical (unpaired) electrons. The van der Waals surface area contributed by atoms with Crippen LogP contribution >= 0.6 is 0 Å². The van der Waals surface area contributed by atoms with E-state index in [1.165, 1.54) is 52.3 Å². The van der Waals surface area contributed by atoms with Crippen molar-refractivity contribution in [2.75, 3.05) is 4.90 Å². The molecule has 2 heteroatoms. The van der Waals surface area contributed by atoms with Gasteiger partial charge in [0.1, 0.15) is 0 Å². The van der Waals surface area contributed by atoms with Crippen LogP contribution in [-0.4, -0.2) is 14.5 Å². The Morgan fingerprint density at radius 3 is 1.71 bits per heavy atom. The van der Waals surface area contributed by atoms with E-state index in [0.717, 1.165) is 17.1 Å². The summed E-state index contributed by atoms with van der Waals surface area (Å²) in [5.41, 5.74) is 8.36. The molecular weight excluding hydrogens is 573 g/mol. The van der Waals surface area contributed by atoms with Gasteiger partial charge in [-0.25, -0.2) is 0 Å². The van der Waals surface area contributed by atoms with E-state index in [0.29, 0.717) is 14.5 Å². The third kappa shape index (κ3) is 4.33. The molecule has 1 aromatic heterocycles. The maximum absolute atomic E-state index is 2.44. The summed E-state index contributed by atoms with van der Waals surface area (Å²) in [5.74, 6) is 0. The van der Waals surface area contributed by atoms with Gasteiger partial charge in [0.05, 0.1) is 0 Å². The second kappa shape index (κ2) is 10.5. The van der Waals surface area contributed by atoms with Crippen LogP contribution in [0.15, 0.2) is 164 Å². The van der Waals surface area contributed by atoms with E-state index in [2.05, 4.69) is 169 Å². The zero-order valence-electron chi connectivity index (χ0n) is 22.9. The van der Waals surface area contributed by atoms with Gasteiger partial charge in [0.2, 0.25) is 0 Å². The van der Waals surface area contributed by atoms with E-state index in [9.17, 15) is 0 Å². The van der Waals surface area contributed by atoms with Crippen LogP contribution in [0.3, 0.4) is 0 Å². The van der Waals surface area contributed by atoms with Gasteiger partial charge in [0, 0.05) is 0 Å². The number of hydrogen-bond donors (Lipinski definition) is 0. The molecule has 0 saturated carbocycles. The Balaban J connectivity index is 1.30. The van der Waals surface area contributed by atoms with Crippen LogP contribution in [0.2, 0.25) is 0 Å². The van der Waals surface area contributed by atoms with Crippen LogP contribution in [0.5, 0.6) is 0 Å². The van der Waals surface area contributed by atoms with Crippen molar-refractivity contribution in [3.8, 4) is 22.3 Å². The summed E-state index contributed by atoms with van der Waals surface area (Å²) < 4.78 is 2.98. The molecule has 7 aromatic carbocycles. The zero-order valence-corrected chi connectivity index (χ0v) is 24.7. The quantitative estimate of drug-likeness (QED) is 0.178. The topological polar surface area (TPSA) is 3.24 Å². The molecule has 0 N–H and O–H groups in total. The summed E-state index contributed by atoms with van der Waals surface area (Å²) in [6.45, 7) is 0. The summed E-state index contributed by atoms with van der Waals surface area (Å²) in [6, 6.07) is 59.4. The Labute approximate surface area is 251 Å². The molecular formula is C40H27NSe.